The van der Waals surface area contributed by atoms with Crippen molar-refractivity contribution in [2.45, 2.75) is 19.5 Å². The molecule has 1 atom stereocenters. The number of hydrogen-bond acceptors (Lipinski definition) is 2. The van der Waals surface area contributed by atoms with E-state index in [0.29, 0.717) is 5.56 Å². The van der Waals surface area contributed by atoms with E-state index in [4.69, 9.17) is 5.26 Å². The third-order valence-corrected chi connectivity index (χ3v) is 1.81. The minimum Gasteiger partial charge on any atom is -0.298 e. The summed E-state index contributed by atoms with van der Waals surface area (Å²) in [7, 11) is 0. The Labute approximate surface area is 81.2 Å². The molecule has 14 heavy (non-hydrogen) atoms. The van der Waals surface area contributed by atoms with E-state index in [9.17, 15) is 8.78 Å². The molecule has 1 N–H and O–H groups in total. The van der Waals surface area contributed by atoms with E-state index in [-0.39, 0.29) is 12.6 Å². The van der Waals surface area contributed by atoms with Gasteiger partial charge in [-0.3, -0.25) is 5.32 Å². The lowest BCUT2D eigenvalue weighted by Gasteiger charge is -2.06. The second-order valence-electron chi connectivity index (χ2n) is 2.97. The maximum Gasteiger partial charge on any atom is 0.130 e. The largest absolute Gasteiger partial charge is 0.298 e. The lowest BCUT2D eigenvalue weighted by Crippen LogP contribution is -2.24. The third-order valence-electron chi connectivity index (χ3n) is 1.81. The molecule has 0 amide bonds. The van der Waals surface area contributed by atoms with Crippen LogP contribution in [0.15, 0.2) is 18.2 Å². The summed E-state index contributed by atoms with van der Waals surface area (Å²) in [6.45, 7) is 1.89. The zero-order valence-electron chi connectivity index (χ0n) is 7.72. The Bertz CT molecular complexity index is 358. The van der Waals surface area contributed by atoms with E-state index in [0.717, 1.165) is 6.07 Å². The molecule has 0 spiro atoms. The van der Waals surface area contributed by atoms with Crippen LogP contribution in [0.25, 0.3) is 0 Å². The summed E-state index contributed by atoms with van der Waals surface area (Å²) in [6.07, 6.45) is 0. The number of hydrogen-bond donors (Lipinski definition) is 1. The van der Waals surface area contributed by atoms with Crippen LogP contribution in [0.5, 0.6) is 0 Å². The normalized spacial score (nSPS) is 12.1. The van der Waals surface area contributed by atoms with Gasteiger partial charge in [0, 0.05) is 18.2 Å². The van der Waals surface area contributed by atoms with E-state index in [1.807, 2.05) is 6.07 Å². The monoisotopic (exact) mass is 196 g/mol. The highest BCUT2D eigenvalue weighted by atomic mass is 19.1. The Morgan fingerprint density at radius 2 is 2.21 bits per heavy atom. The molecule has 4 heteroatoms. The van der Waals surface area contributed by atoms with Crippen molar-refractivity contribution in [3.8, 4) is 6.07 Å². The topological polar surface area (TPSA) is 35.8 Å². The fourth-order valence-electron chi connectivity index (χ4n) is 0.974. The quantitative estimate of drug-likeness (QED) is 0.802. The van der Waals surface area contributed by atoms with Crippen molar-refractivity contribution in [2.75, 3.05) is 0 Å². The van der Waals surface area contributed by atoms with Crippen LogP contribution in [-0.4, -0.2) is 6.04 Å². The number of nitrogens with zero attached hydrogens (tertiary/aromatic N) is 1. The average molecular weight is 196 g/mol. The standard InChI is InChI=1S/C10H10F2N2/c1-7(5-13)14-6-8-2-3-9(11)4-10(8)12/h2-4,7,14H,6H2,1H3. The lowest BCUT2D eigenvalue weighted by atomic mass is 10.2. The highest BCUT2D eigenvalue weighted by Gasteiger charge is 2.04. The van der Waals surface area contributed by atoms with Crippen LogP contribution in [0.4, 0.5) is 8.78 Å². The van der Waals surface area contributed by atoms with Gasteiger partial charge in [0.2, 0.25) is 0 Å². The molecule has 0 fully saturated rings. The smallest absolute Gasteiger partial charge is 0.130 e. The number of nitrogens with one attached hydrogen (secondary N) is 1. The molecule has 1 aromatic rings. The van der Waals surface area contributed by atoms with Crippen LogP contribution in [0.3, 0.4) is 0 Å². The van der Waals surface area contributed by atoms with E-state index in [2.05, 4.69) is 5.32 Å². The summed E-state index contributed by atoms with van der Waals surface area (Å²) in [6, 6.07) is 4.99. The molecule has 0 bridgehead atoms. The number of nitriles is 1. The lowest BCUT2D eigenvalue weighted by molar-refractivity contribution is 0.554. The second-order valence-corrected chi connectivity index (χ2v) is 2.97. The van der Waals surface area contributed by atoms with Gasteiger partial charge in [-0.2, -0.15) is 5.26 Å². The van der Waals surface area contributed by atoms with Gasteiger partial charge in [0.1, 0.15) is 11.6 Å². The van der Waals surface area contributed by atoms with Gasteiger partial charge >= 0.3 is 0 Å². The fraction of sp³-hybridized carbons (Fsp3) is 0.300. The molecule has 0 radical (unpaired) electrons. The highest BCUT2D eigenvalue weighted by molar-refractivity contribution is 5.18. The van der Waals surface area contributed by atoms with Gasteiger partial charge in [0.25, 0.3) is 0 Å². The predicted octanol–water partition coefficient (Wildman–Crippen LogP) is 1.97. The maximum absolute atomic E-state index is 13.0. The first kappa shape index (κ1) is 10.6. The molecule has 0 aliphatic carbocycles. The summed E-state index contributed by atoms with van der Waals surface area (Å²) in [5.41, 5.74) is 0.355. The summed E-state index contributed by atoms with van der Waals surface area (Å²) in [4.78, 5) is 0. The average Bonchev–Trinajstić information content (AvgIpc) is 2.16. The van der Waals surface area contributed by atoms with Gasteiger partial charge in [0.05, 0.1) is 12.1 Å². The summed E-state index contributed by atoms with van der Waals surface area (Å²) < 4.78 is 25.5. The second kappa shape index (κ2) is 4.68. The van der Waals surface area contributed by atoms with Gasteiger partial charge < -0.3 is 0 Å². The Morgan fingerprint density at radius 1 is 1.50 bits per heavy atom. The van der Waals surface area contributed by atoms with Gasteiger partial charge in [-0.1, -0.05) is 6.07 Å². The van der Waals surface area contributed by atoms with Crippen molar-refractivity contribution in [1.29, 1.82) is 5.26 Å². The third kappa shape index (κ3) is 2.79. The molecule has 0 aliphatic rings. The molecule has 1 rings (SSSR count). The van der Waals surface area contributed by atoms with Crippen molar-refractivity contribution in [1.82, 2.24) is 5.32 Å². The minimum absolute atomic E-state index is 0.223. The van der Waals surface area contributed by atoms with Crippen molar-refractivity contribution < 1.29 is 8.78 Å². The highest BCUT2D eigenvalue weighted by Crippen LogP contribution is 2.09. The summed E-state index contributed by atoms with van der Waals surface area (Å²) in [5.74, 6) is -1.19. The van der Waals surface area contributed by atoms with E-state index in [1.165, 1.54) is 12.1 Å². The van der Waals surface area contributed by atoms with Crippen molar-refractivity contribution in [3.63, 3.8) is 0 Å². The molecule has 1 aromatic carbocycles. The van der Waals surface area contributed by atoms with E-state index < -0.39 is 11.6 Å². The van der Waals surface area contributed by atoms with Crippen molar-refractivity contribution >= 4 is 0 Å². The maximum atomic E-state index is 13.0. The molecule has 0 heterocycles. The zero-order chi connectivity index (χ0) is 10.6. The van der Waals surface area contributed by atoms with E-state index in [1.54, 1.807) is 6.92 Å². The first-order chi connectivity index (χ1) is 6.63. The van der Waals surface area contributed by atoms with Crippen LogP contribution < -0.4 is 5.32 Å². The van der Waals surface area contributed by atoms with Crippen LogP contribution in [0.1, 0.15) is 12.5 Å². The molecule has 0 saturated carbocycles. The first-order valence-electron chi connectivity index (χ1n) is 4.20. The molecule has 1 unspecified atom stereocenters. The number of benzene rings is 1. The van der Waals surface area contributed by atoms with Crippen LogP contribution in [0.2, 0.25) is 0 Å². The van der Waals surface area contributed by atoms with Gasteiger partial charge in [-0.25, -0.2) is 8.78 Å². The molecule has 74 valence electrons. The van der Waals surface area contributed by atoms with Crippen LogP contribution >= 0.6 is 0 Å². The number of rotatable bonds is 3. The van der Waals surface area contributed by atoms with Crippen molar-refractivity contribution in [2.24, 2.45) is 0 Å². The number of halogens is 2. The van der Waals surface area contributed by atoms with Gasteiger partial charge in [-0.15, -0.1) is 0 Å². The Balaban J connectivity index is 2.64. The Morgan fingerprint density at radius 3 is 2.79 bits per heavy atom. The molecule has 0 aliphatic heterocycles. The molecule has 0 saturated heterocycles. The molecular weight excluding hydrogens is 186 g/mol. The SMILES string of the molecule is CC(C#N)NCc1ccc(F)cc1F. The Kier molecular flexibility index (Phi) is 3.55. The summed E-state index contributed by atoms with van der Waals surface area (Å²) in [5, 5.41) is 11.2. The minimum atomic E-state index is -0.598. The Hall–Kier alpha value is -1.47. The molecule has 2 nitrogen and oxygen atoms in total. The van der Waals surface area contributed by atoms with Gasteiger partial charge in [0.15, 0.2) is 0 Å². The first-order valence-corrected chi connectivity index (χ1v) is 4.20. The van der Waals surface area contributed by atoms with Gasteiger partial charge in [-0.05, 0) is 13.0 Å². The van der Waals surface area contributed by atoms with Crippen molar-refractivity contribution in [3.05, 3.63) is 35.4 Å². The van der Waals surface area contributed by atoms with E-state index >= 15 is 0 Å². The van der Waals surface area contributed by atoms with Crippen LogP contribution in [0, 0.1) is 23.0 Å². The molecular formula is C10H10F2N2. The molecule has 0 aromatic heterocycles. The van der Waals surface area contributed by atoms with Crippen LogP contribution in [-0.2, 0) is 6.54 Å². The predicted molar refractivity (Wildman–Crippen MR) is 48.3 cm³/mol. The fourth-order valence-corrected chi connectivity index (χ4v) is 0.974. The summed E-state index contributed by atoms with van der Waals surface area (Å²) >= 11 is 0. The zero-order valence-corrected chi connectivity index (χ0v) is 7.72.